The highest BCUT2D eigenvalue weighted by Gasteiger charge is 2.32. The van der Waals surface area contributed by atoms with Gasteiger partial charge in [-0.25, -0.2) is 4.98 Å². The largest absolute Gasteiger partial charge is 0.463 e. The van der Waals surface area contributed by atoms with Gasteiger partial charge in [0.2, 0.25) is 0 Å². The number of thiazole rings is 1. The fourth-order valence-electron chi connectivity index (χ4n) is 2.89. The topological polar surface area (TPSA) is 94.0 Å². The molecule has 3 N–H and O–H groups in total. The van der Waals surface area contributed by atoms with Gasteiger partial charge in [-0.15, -0.1) is 0 Å². The number of rotatable bonds is 5. The molecule has 1 amide bonds. The van der Waals surface area contributed by atoms with Crippen molar-refractivity contribution in [1.29, 1.82) is 0 Å². The number of amides is 1. The van der Waals surface area contributed by atoms with Crippen molar-refractivity contribution in [3.8, 4) is 11.5 Å². The zero-order valence-corrected chi connectivity index (χ0v) is 15.9. The zero-order chi connectivity index (χ0) is 19.6. The van der Waals surface area contributed by atoms with Gasteiger partial charge in [0.15, 0.2) is 10.9 Å². The number of aromatic nitrogens is 2. The van der Waals surface area contributed by atoms with E-state index in [0.717, 1.165) is 10.4 Å². The summed E-state index contributed by atoms with van der Waals surface area (Å²) in [6.07, 6.45) is 4.73. The van der Waals surface area contributed by atoms with E-state index in [2.05, 4.69) is 15.3 Å². The molecule has 4 rings (SSSR count). The van der Waals surface area contributed by atoms with E-state index < -0.39 is 5.54 Å². The highest BCUT2D eigenvalue weighted by Crippen LogP contribution is 2.40. The molecule has 6 nitrogen and oxygen atoms in total. The first-order chi connectivity index (χ1) is 13.6. The van der Waals surface area contributed by atoms with Gasteiger partial charge in [0, 0.05) is 18.0 Å². The summed E-state index contributed by atoms with van der Waals surface area (Å²) >= 11 is 1.34. The average molecular weight is 390 g/mol. The zero-order valence-electron chi connectivity index (χ0n) is 15.1. The molecule has 0 fully saturated rings. The maximum absolute atomic E-state index is 12.5. The number of carbonyl (C=O) groups excluding carboxylic acids is 1. The second kappa shape index (κ2) is 7.38. The van der Waals surface area contributed by atoms with Crippen molar-refractivity contribution in [2.75, 3.05) is 5.32 Å². The quantitative estimate of drug-likeness (QED) is 0.531. The molecular formula is C21H18N4O2S. The Balaban J connectivity index is 1.75. The molecule has 0 saturated carbocycles. The second-order valence-electron chi connectivity index (χ2n) is 6.43. The molecule has 0 bridgehead atoms. The van der Waals surface area contributed by atoms with Crippen molar-refractivity contribution in [3.63, 3.8) is 0 Å². The standard InChI is InChI=1S/C21H18N4O2S/c1-21(22,15-6-3-2-4-7-15)18-17(16-8-5-13-27-16)24-20(28-18)25-19(26)14-9-11-23-12-10-14/h2-13H,22H2,1H3,(H,24,25,26). The number of nitrogens with one attached hydrogen (secondary N) is 1. The summed E-state index contributed by atoms with van der Waals surface area (Å²) in [4.78, 5) is 21.9. The van der Waals surface area contributed by atoms with Crippen LogP contribution in [-0.2, 0) is 5.54 Å². The van der Waals surface area contributed by atoms with Crippen molar-refractivity contribution in [3.05, 3.63) is 89.3 Å². The lowest BCUT2D eigenvalue weighted by Crippen LogP contribution is -2.33. The van der Waals surface area contributed by atoms with Crippen LogP contribution in [0.5, 0.6) is 0 Å². The monoisotopic (exact) mass is 390 g/mol. The number of anilines is 1. The van der Waals surface area contributed by atoms with E-state index in [1.807, 2.05) is 43.3 Å². The first kappa shape index (κ1) is 18.1. The Bertz CT molecular complexity index is 1070. The van der Waals surface area contributed by atoms with Crippen LogP contribution in [0.2, 0.25) is 0 Å². The molecule has 0 aliphatic rings. The van der Waals surface area contributed by atoms with Crippen molar-refractivity contribution in [2.24, 2.45) is 5.73 Å². The molecule has 3 heterocycles. The number of nitrogens with two attached hydrogens (primary N) is 1. The lowest BCUT2D eigenvalue weighted by Gasteiger charge is -2.24. The Labute approximate surface area is 166 Å². The third kappa shape index (κ3) is 3.45. The summed E-state index contributed by atoms with van der Waals surface area (Å²) in [5.41, 5.74) is 7.99. The second-order valence-corrected chi connectivity index (χ2v) is 7.43. The van der Waals surface area contributed by atoms with Crippen LogP contribution in [0.3, 0.4) is 0 Å². The Hall–Kier alpha value is -3.29. The first-order valence-electron chi connectivity index (χ1n) is 8.66. The van der Waals surface area contributed by atoms with E-state index in [9.17, 15) is 4.79 Å². The summed E-state index contributed by atoms with van der Waals surface area (Å²) < 4.78 is 5.56. The summed E-state index contributed by atoms with van der Waals surface area (Å²) in [6, 6.07) is 16.7. The minimum atomic E-state index is -0.805. The van der Waals surface area contributed by atoms with Crippen molar-refractivity contribution in [2.45, 2.75) is 12.5 Å². The molecule has 3 aromatic heterocycles. The molecular weight excluding hydrogens is 372 g/mol. The van der Waals surface area contributed by atoms with Gasteiger partial charge in [-0.05, 0) is 36.8 Å². The predicted molar refractivity (Wildman–Crippen MR) is 109 cm³/mol. The van der Waals surface area contributed by atoms with Gasteiger partial charge in [0.05, 0.1) is 16.7 Å². The first-order valence-corrected chi connectivity index (χ1v) is 9.48. The minimum Gasteiger partial charge on any atom is -0.463 e. The maximum Gasteiger partial charge on any atom is 0.257 e. The number of furan rings is 1. The summed E-state index contributed by atoms with van der Waals surface area (Å²) in [5.74, 6) is 0.343. The molecule has 0 spiro atoms. The van der Waals surface area contributed by atoms with Gasteiger partial charge < -0.3 is 10.2 Å². The Morgan fingerprint density at radius 3 is 2.54 bits per heavy atom. The van der Waals surface area contributed by atoms with Gasteiger partial charge in [0.25, 0.3) is 5.91 Å². The van der Waals surface area contributed by atoms with Gasteiger partial charge in [-0.3, -0.25) is 15.1 Å². The van der Waals surface area contributed by atoms with E-state index in [1.54, 1.807) is 36.9 Å². The Morgan fingerprint density at radius 1 is 1.11 bits per heavy atom. The van der Waals surface area contributed by atoms with Crippen molar-refractivity contribution >= 4 is 22.4 Å². The molecule has 1 unspecified atom stereocenters. The highest BCUT2D eigenvalue weighted by atomic mass is 32.1. The summed E-state index contributed by atoms with van der Waals surface area (Å²) in [5, 5.41) is 3.30. The van der Waals surface area contributed by atoms with E-state index in [1.165, 1.54) is 11.3 Å². The Morgan fingerprint density at radius 2 is 1.86 bits per heavy atom. The van der Waals surface area contributed by atoms with Crippen LogP contribution >= 0.6 is 11.3 Å². The van der Waals surface area contributed by atoms with Gasteiger partial charge in [-0.1, -0.05) is 41.7 Å². The lowest BCUT2D eigenvalue weighted by atomic mass is 9.90. The van der Waals surface area contributed by atoms with Crippen LogP contribution in [0.1, 0.15) is 27.7 Å². The minimum absolute atomic E-state index is 0.257. The number of hydrogen-bond acceptors (Lipinski definition) is 6. The third-order valence-corrected chi connectivity index (χ3v) is 5.60. The number of nitrogens with zero attached hydrogens (tertiary/aromatic N) is 2. The van der Waals surface area contributed by atoms with Crippen LogP contribution < -0.4 is 11.1 Å². The van der Waals surface area contributed by atoms with Crippen LogP contribution in [0.4, 0.5) is 5.13 Å². The molecule has 7 heteroatoms. The molecule has 1 atom stereocenters. The molecule has 4 aromatic rings. The fourth-order valence-corrected chi connectivity index (χ4v) is 3.94. The number of benzene rings is 1. The SMILES string of the molecule is CC(N)(c1ccccc1)c1sc(NC(=O)c2ccncc2)nc1-c1ccco1. The van der Waals surface area contributed by atoms with Gasteiger partial charge in [0.1, 0.15) is 5.69 Å². The van der Waals surface area contributed by atoms with E-state index in [-0.39, 0.29) is 5.91 Å². The van der Waals surface area contributed by atoms with Crippen molar-refractivity contribution < 1.29 is 9.21 Å². The highest BCUT2D eigenvalue weighted by molar-refractivity contribution is 7.16. The molecule has 0 aliphatic heterocycles. The molecule has 1 aromatic carbocycles. The van der Waals surface area contributed by atoms with Crippen LogP contribution in [-0.4, -0.2) is 15.9 Å². The summed E-state index contributed by atoms with van der Waals surface area (Å²) in [7, 11) is 0. The van der Waals surface area contributed by atoms with E-state index >= 15 is 0 Å². The molecule has 0 saturated heterocycles. The number of pyridine rings is 1. The van der Waals surface area contributed by atoms with E-state index in [0.29, 0.717) is 22.1 Å². The average Bonchev–Trinajstić information content (AvgIpc) is 3.39. The smallest absolute Gasteiger partial charge is 0.257 e. The van der Waals surface area contributed by atoms with Gasteiger partial charge in [-0.2, -0.15) is 0 Å². The van der Waals surface area contributed by atoms with E-state index in [4.69, 9.17) is 10.2 Å². The predicted octanol–water partition coefficient (Wildman–Crippen LogP) is 4.27. The summed E-state index contributed by atoms with van der Waals surface area (Å²) in [6.45, 7) is 1.93. The maximum atomic E-state index is 12.5. The number of carbonyl (C=O) groups is 1. The molecule has 0 aliphatic carbocycles. The molecule has 0 radical (unpaired) electrons. The van der Waals surface area contributed by atoms with Crippen LogP contribution in [0.15, 0.2) is 77.7 Å². The van der Waals surface area contributed by atoms with Crippen LogP contribution in [0, 0.1) is 0 Å². The fraction of sp³-hybridized carbons (Fsp3) is 0.0952. The van der Waals surface area contributed by atoms with Crippen LogP contribution in [0.25, 0.3) is 11.5 Å². The normalized spacial score (nSPS) is 13.1. The van der Waals surface area contributed by atoms with Crippen molar-refractivity contribution in [1.82, 2.24) is 9.97 Å². The molecule has 140 valence electrons. The Kier molecular flexibility index (Phi) is 4.77. The number of hydrogen-bond donors (Lipinski definition) is 2. The van der Waals surface area contributed by atoms with Gasteiger partial charge >= 0.3 is 0 Å². The third-order valence-electron chi connectivity index (χ3n) is 4.39. The molecule has 28 heavy (non-hydrogen) atoms. The lowest BCUT2D eigenvalue weighted by molar-refractivity contribution is 0.102.